The molecule has 1 aromatic heterocycles. The van der Waals surface area contributed by atoms with Gasteiger partial charge in [-0.05, 0) is 65.7 Å². The second-order valence-electron chi connectivity index (χ2n) is 10.00. The number of alkyl halides is 3. The van der Waals surface area contributed by atoms with Crippen molar-refractivity contribution in [2.24, 2.45) is 0 Å². The summed E-state index contributed by atoms with van der Waals surface area (Å²) >= 11 is 0. The van der Waals surface area contributed by atoms with Crippen molar-refractivity contribution >= 4 is 29.4 Å². The molecule has 11 nitrogen and oxygen atoms in total. The maximum absolute atomic E-state index is 13.5. The number of pyridine rings is 1. The van der Waals surface area contributed by atoms with Crippen LogP contribution in [-0.4, -0.2) is 59.5 Å². The van der Waals surface area contributed by atoms with Gasteiger partial charge in [-0.25, -0.2) is 9.78 Å². The summed E-state index contributed by atoms with van der Waals surface area (Å²) < 4.78 is 55.7. The summed E-state index contributed by atoms with van der Waals surface area (Å²) in [5, 5.41) is 11.9. The lowest BCUT2D eigenvalue weighted by atomic mass is 10.0. The SMILES string of the molecule is COc1ccc(CC(=O)Nc2ccc(C(=O)N(CC(=O)O)Cc3ccc(OC(=O)c4ccnc(OC)c4)cc3)cc2)c(C(F)(F)F)c1. The Morgan fingerprint density at radius 3 is 2.15 bits per heavy atom. The van der Waals surface area contributed by atoms with Crippen LogP contribution in [0, 0.1) is 0 Å². The molecule has 0 unspecified atom stereocenters. The Bertz CT molecular complexity index is 1760. The van der Waals surface area contributed by atoms with Gasteiger partial charge in [0.2, 0.25) is 11.8 Å². The number of ether oxygens (including phenoxy) is 3. The fourth-order valence-corrected chi connectivity index (χ4v) is 4.42. The van der Waals surface area contributed by atoms with E-state index in [2.05, 4.69) is 10.3 Å². The van der Waals surface area contributed by atoms with Crippen molar-refractivity contribution in [3.05, 3.63) is 113 Å². The van der Waals surface area contributed by atoms with E-state index in [1.54, 1.807) is 12.1 Å². The highest BCUT2D eigenvalue weighted by Crippen LogP contribution is 2.34. The first kappa shape index (κ1) is 34.0. The number of carboxylic acids is 1. The third-order valence-corrected chi connectivity index (χ3v) is 6.69. The van der Waals surface area contributed by atoms with E-state index in [1.165, 1.54) is 81.1 Å². The molecule has 244 valence electrons. The summed E-state index contributed by atoms with van der Waals surface area (Å²) in [4.78, 5) is 54.8. The fourth-order valence-electron chi connectivity index (χ4n) is 4.42. The fraction of sp³-hybridized carbons (Fsp3) is 0.182. The zero-order chi connectivity index (χ0) is 34.1. The predicted molar refractivity (Wildman–Crippen MR) is 161 cm³/mol. The van der Waals surface area contributed by atoms with Gasteiger partial charge >= 0.3 is 18.1 Å². The molecule has 4 aromatic rings. The number of carbonyl (C=O) groups excluding carboxylic acids is 3. The molecule has 0 fully saturated rings. The third kappa shape index (κ3) is 9.29. The van der Waals surface area contributed by atoms with Gasteiger partial charge in [-0.2, -0.15) is 13.2 Å². The molecule has 14 heteroatoms. The molecule has 0 aliphatic rings. The van der Waals surface area contributed by atoms with Crippen LogP contribution in [0.1, 0.15) is 37.4 Å². The van der Waals surface area contributed by atoms with Crippen LogP contribution in [0.4, 0.5) is 18.9 Å². The van der Waals surface area contributed by atoms with Gasteiger partial charge in [0.15, 0.2) is 0 Å². The number of halogens is 3. The first-order valence-electron chi connectivity index (χ1n) is 13.8. The molecular formula is C33H28F3N3O8. The zero-order valence-corrected chi connectivity index (χ0v) is 25.0. The lowest BCUT2D eigenvalue weighted by Crippen LogP contribution is -2.35. The number of benzene rings is 3. The highest BCUT2D eigenvalue weighted by Gasteiger charge is 2.34. The average Bonchev–Trinajstić information content (AvgIpc) is 3.04. The molecule has 4 rings (SSSR count). The van der Waals surface area contributed by atoms with Crippen molar-refractivity contribution in [1.29, 1.82) is 0 Å². The highest BCUT2D eigenvalue weighted by molar-refractivity contribution is 5.97. The number of aromatic nitrogens is 1. The molecule has 0 saturated carbocycles. The van der Waals surface area contributed by atoms with E-state index in [0.717, 1.165) is 11.0 Å². The summed E-state index contributed by atoms with van der Waals surface area (Å²) in [7, 11) is 2.65. The van der Waals surface area contributed by atoms with Crippen LogP contribution in [0.15, 0.2) is 85.1 Å². The van der Waals surface area contributed by atoms with E-state index < -0.39 is 48.5 Å². The number of nitrogens with zero attached hydrogens (tertiary/aromatic N) is 2. The molecule has 0 saturated heterocycles. The number of aliphatic carboxylic acids is 1. The number of esters is 1. The van der Waals surface area contributed by atoms with Crippen LogP contribution in [0.25, 0.3) is 0 Å². The second kappa shape index (κ2) is 14.9. The lowest BCUT2D eigenvalue weighted by Gasteiger charge is -2.21. The number of carboxylic acid groups (broad SMARTS) is 1. The first-order valence-corrected chi connectivity index (χ1v) is 13.8. The Kier molecular flexibility index (Phi) is 10.8. The van der Waals surface area contributed by atoms with Crippen LogP contribution in [0.3, 0.4) is 0 Å². The van der Waals surface area contributed by atoms with Gasteiger partial charge in [-0.3, -0.25) is 14.4 Å². The Morgan fingerprint density at radius 2 is 1.53 bits per heavy atom. The van der Waals surface area contributed by atoms with Crippen molar-refractivity contribution in [1.82, 2.24) is 9.88 Å². The van der Waals surface area contributed by atoms with E-state index in [9.17, 15) is 37.5 Å². The summed E-state index contributed by atoms with van der Waals surface area (Å²) in [6, 6.07) is 17.8. The van der Waals surface area contributed by atoms with Crippen LogP contribution < -0.4 is 19.5 Å². The third-order valence-electron chi connectivity index (χ3n) is 6.69. The molecule has 0 atom stereocenters. The monoisotopic (exact) mass is 651 g/mol. The Labute approximate surface area is 266 Å². The lowest BCUT2D eigenvalue weighted by molar-refractivity contribution is -0.139. The Hall–Kier alpha value is -5.92. The summed E-state index contributed by atoms with van der Waals surface area (Å²) in [6.07, 6.45) is -3.86. The van der Waals surface area contributed by atoms with Crippen molar-refractivity contribution in [3.8, 4) is 17.4 Å². The number of rotatable bonds is 12. The average molecular weight is 652 g/mol. The standard InChI is InChI=1S/C33H28F3N3O8/c1-45-26-12-7-22(27(17-26)33(34,35)36)15-28(40)38-24-8-5-21(6-9-24)31(43)39(19-30(41)42)18-20-3-10-25(11-4-20)47-32(44)23-13-14-37-29(16-23)46-2/h3-14,16-17H,15,18-19H2,1-2H3,(H,38,40)(H,41,42). The van der Waals surface area contributed by atoms with Crippen molar-refractivity contribution in [3.63, 3.8) is 0 Å². The molecule has 0 aliphatic carbocycles. The molecule has 1 heterocycles. The van der Waals surface area contributed by atoms with Gasteiger partial charge in [0.25, 0.3) is 5.91 Å². The normalized spacial score (nSPS) is 10.9. The molecule has 2 N–H and O–H groups in total. The Morgan fingerprint density at radius 1 is 0.851 bits per heavy atom. The smallest absolute Gasteiger partial charge is 0.416 e. The number of amides is 2. The van der Waals surface area contributed by atoms with E-state index >= 15 is 0 Å². The van der Waals surface area contributed by atoms with Crippen LogP contribution in [0.2, 0.25) is 0 Å². The number of nitrogens with one attached hydrogen (secondary N) is 1. The quantitative estimate of drug-likeness (QED) is 0.155. The molecular weight excluding hydrogens is 623 g/mol. The van der Waals surface area contributed by atoms with E-state index in [0.29, 0.717) is 5.56 Å². The van der Waals surface area contributed by atoms with Gasteiger partial charge in [0.1, 0.15) is 18.0 Å². The summed E-state index contributed by atoms with van der Waals surface area (Å²) in [6.45, 7) is -0.718. The molecule has 47 heavy (non-hydrogen) atoms. The maximum Gasteiger partial charge on any atom is 0.416 e. The molecule has 2 amide bonds. The summed E-state index contributed by atoms with van der Waals surface area (Å²) in [5.41, 5.74) is -0.144. The number of hydrogen-bond donors (Lipinski definition) is 2. The maximum atomic E-state index is 13.5. The van der Waals surface area contributed by atoms with Crippen molar-refractivity contribution in [2.75, 3.05) is 26.1 Å². The van der Waals surface area contributed by atoms with Gasteiger partial charge < -0.3 is 29.5 Å². The van der Waals surface area contributed by atoms with E-state index in [4.69, 9.17) is 14.2 Å². The topological polar surface area (TPSA) is 144 Å². The zero-order valence-electron chi connectivity index (χ0n) is 25.0. The van der Waals surface area contributed by atoms with Gasteiger partial charge in [0, 0.05) is 30.1 Å². The van der Waals surface area contributed by atoms with Crippen LogP contribution in [0.5, 0.6) is 17.4 Å². The molecule has 0 aliphatic heterocycles. The minimum absolute atomic E-state index is 0.000159. The minimum Gasteiger partial charge on any atom is -0.497 e. The largest absolute Gasteiger partial charge is 0.497 e. The molecule has 0 bridgehead atoms. The van der Waals surface area contributed by atoms with E-state index in [-0.39, 0.29) is 46.3 Å². The Balaban J connectivity index is 1.40. The van der Waals surface area contributed by atoms with Gasteiger partial charge in [0.05, 0.1) is 31.8 Å². The van der Waals surface area contributed by atoms with Crippen molar-refractivity contribution in [2.45, 2.75) is 19.1 Å². The van der Waals surface area contributed by atoms with Gasteiger partial charge in [-0.1, -0.05) is 18.2 Å². The number of carbonyl (C=O) groups is 4. The van der Waals surface area contributed by atoms with E-state index in [1.807, 2.05) is 0 Å². The van der Waals surface area contributed by atoms with Crippen LogP contribution >= 0.6 is 0 Å². The molecule has 0 spiro atoms. The minimum atomic E-state index is -4.70. The molecule has 3 aromatic carbocycles. The first-order chi connectivity index (χ1) is 22.4. The highest BCUT2D eigenvalue weighted by atomic mass is 19.4. The van der Waals surface area contributed by atoms with Crippen LogP contribution in [-0.2, 0) is 28.7 Å². The number of anilines is 1. The van der Waals surface area contributed by atoms with Gasteiger partial charge in [-0.15, -0.1) is 0 Å². The summed E-state index contributed by atoms with van der Waals surface area (Å²) in [5.74, 6) is -2.79. The number of methoxy groups -OCH3 is 2. The molecule has 0 radical (unpaired) electrons. The van der Waals surface area contributed by atoms with Crippen molar-refractivity contribution < 1.29 is 51.7 Å². The predicted octanol–water partition coefficient (Wildman–Crippen LogP) is 5.25. The second-order valence-corrected chi connectivity index (χ2v) is 10.00. The number of hydrogen-bond acceptors (Lipinski definition) is 8.